The molecular formula is C26H26ClNO3. The Bertz CT molecular complexity index is 1090. The molecule has 0 fully saturated rings. The van der Waals surface area contributed by atoms with Gasteiger partial charge >= 0.3 is 0 Å². The maximum Gasteiger partial charge on any atom is 0.251 e. The van der Waals surface area contributed by atoms with Gasteiger partial charge in [0.2, 0.25) is 0 Å². The van der Waals surface area contributed by atoms with Gasteiger partial charge in [-0.25, -0.2) is 0 Å². The molecule has 3 aromatic rings. The van der Waals surface area contributed by atoms with E-state index in [9.17, 15) is 4.79 Å². The van der Waals surface area contributed by atoms with Gasteiger partial charge in [0.1, 0.15) is 23.7 Å². The lowest BCUT2D eigenvalue weighted by molar-refractivity contribution is 0.0619. The van der Waals surface area contributed by atoms with Crippen LogP contribution in [0.1, 0.15) is 53.4 Å². The summed E-state index contributed by atoms with van der Waals surface area (Å²) in [6, 6.07) is 20.7. The molecule has 0 aromatic heterocycles. The van der Waals surface area contributed by atoms with Gasteiger partial charge < -0.3 is 14.8 Å². The zero-order chi connectivity index (χ0) is 22.0. The summed E-state index contributed by atoms with van der Waals surface area (Å²) >= 11 is 6.17. The largest absolute Gasteiger partial charge is 0.489 e. The Kier molecular flexibility index (Phi) is 5.92. The first-order valence-corrected chi connectivity index (χ1v) is 10.8. The molecule has 0 bridgehead atoms. The topological polar surface area (TPSA) is 47.6 Å². The van der Waals surface area contributed by atoms with Crippen LogP contribution < -0.4 is 14.8 Å². The molecule has 1 unspecified atom stereocenters. The Morgan fingerprint density at radius 1 is 1.13 bits per heavy atom. The number of ether oxygens (including phenoxy) is 2. The third-order valence-corrected chi connectivity index (χ3v) is 5.77. The maximum absolute atomic E-state index is 12.9. The second-order valence-corrected chi connectivity index (χ2v) is 8.94. The van der Waals surface area contributed by atoms with Crippen LogP contribution in [0.15, 0.2) is 66.7 Å². The summed E-state index contributed by atoms with van der Waals surface area (Å²) in [6.07, 6.45) is 0.702. The highest BCUT2D eigenvalue weighted by molar-refractivity contribution is 6.31. The second-order valence-electron chi connectivity index (χ2n) is 8.54. The fraction of sp³-hybridized carbons (Fsp3) is 0.269. The number of rotatable bonds is 5. The first-order chi connectivity index (χ1) is 14.8. The number of aryl methyl sites for hydroxylation is 1. The molecule has 5 heteroatoms. The molecule has 31 heavy (non-hydrogen) atoms. The zero-order valence-corrected chi connectivity index (χ0v) is 18.7. The van der Waals surface area contributed by atoms with E-state index in [2.05, 4.69) is 5.32 Å². The molecule has 3 aromatic carbocycles. The van der Waals surface area contributed by atoms with Crippen molar-refractivity contribution in [3.8, 4) is 11.5 Å². The minimum atomic E-state index is -0.352. The number of carbonyl (C=O) groups is 1. The Balaban J connectivity index is 1.44. The standard InChI is InChI=1S/C26H26ClNO3/c1-17-8-13-21-23(15-26(2,3)31-24(21)14-17)28-25(29)18-9-11-20(12-10-18)30-16-19-6-4-5-7-22(19)27/h4-14,23H,15-16H2,1-3H3,(H,28,29). The number of benzene rings is 3. The minimum Gasteiger partial charge on any atom is -0.489 e. The van der Waals surface area contributed by atoms with E-state index in [-0.39, 0.29) is 17.6 Å². The highest BCUT2D eigenvalue weighted by Gasteiger charge is 2.34. The zero-order valence-electron chi connectivity index (χ0n) is 17.9. The van der Waals surface area contributed by atoms with Crippen molar-refractivity contribution in [2.75, 3.05) is 0 Å². The molecule has 1 aliphatic heterocycles. The summed E-state index contributed by atoms with van der Waals surface area (Å²) in [6.45, 7) is 6.50. The lowest BCUT2D eigenvalue weighted by Crippen LogP contribution is -2.41. The molecule has 0 aliphatic carbocycles. The fourth-order valence-corrected chi connectivity index (χ4v) is 4.00. The van der Waals surface area contributed by atoms with E-state index in [1.807, 2.05) is 63.2 Å². The van der Waals surface area contributed by atoms with Gasteiger partial charge in [0.25, 0.3) is 5.91 Å². The first kappa shape index (κ1) is 21.3. The quantitative estimate of drug-likeness (QED) is 0.514. The van der Waals surface area contributed by atoms with Crippen LogP contribution in [0.3, 0.4) is 0 Å². The molecule has 1 heterocycles. The van der Waals surface area contributed by atoms with Crippen LogP contribution in [0.4, 0.5) is 0 Å². The SMILES string of the molecule is Cc1ccc2c(c1)OC(C)(C)CC2NC(=O)c1ccc(OCc2ccccc2Cl)cc1. The maximum atomic E-state index is 12.9. The minimum absolute atomic E-state index is 0.108. The molecule has 160 valence electrons. The summed E-state index contributed by atoms with van der Waals surface area (Å²) in [5.74, 6) is 1.40. The summed E-state index contributed by atoms with van der Waals surface area (Å²) in [7, 11) is 0. The predicted octanol–water partition coefficient (Wildman–Crippen LogP) is 6.26. The number of fused-ring (bicyclic) bond motifs is 1. The predicted molar refractivity (Wildman–Crippen MR) is 123 cm³/mol. The number of carbonyl (C=O) groups excluding carboxylic acids is 1. The lowest BCUT2D eigenvalue weighted by Gasteiger charge is -2.38. The van der Waals surface area contributed by atoms with Crippen molar-refractivity contribution in [1.82, 2.24) is 5.32 Å². The fourth-order valence-electron chi connectivity index (χ4n) is 3.81. The third-order valence-electron chi connectivity index (χ3n) is 5.40. The van der Waals surface area contributed by atoms with E-state index in [0.29, 0.717) is 29.4 Å². The smallest absolute Gasteiger partial charge is 0.251 e. The average Bonchev–Trinajstić information content (AvgIpc) is 2.72. The van der Waals surface area contributed by atoms with Crippen LogP contribution in [0.25, 0.3) is 0 Å². The highest BCUT2D eigenvalue weighted by Crippen LogP contribution is 2.40. The van der Waals surface area contributed by atoms with E-state index in [1.165, 1.54) is 0 Å². The van der Waals surface area contributed by atoms with Gasteiger partial charge in [-0.15, -0.1) is 0 Å². The van der Waals surface area contributed by atoms with Crippen LogP contribution in [0.2, 0.25) is 5.02 Å². The molecule has 1 amide bonds. The van der Waals surface area contributed by atoms with Crippen molar-refractivity contribution in [3.63, 3.8) is 0 Å². The van der Waals surface area contributed by atoms with Gasteiger partial charge in [-0.2, -0.15) is 0 Å². The van der Waals surface area contributed by atoms with Gasteiger partial charge in [-0.1, -0.05) is 41.9 Å². The van der Waals surface area contributed by atoms with Crippen LogP contribution in [0, 0.1) is 6.92 Å². The summed E-state index contributed by atoms with van der Waals surface area (Å²) in [4.78, 5) is 12.9. The van der Waals surface area contributed by atoms with Gasteiger partial charge in [0.05, 0.1) is 6.04 Å². The monoisotopic (exact) mass is 435 g/mol. The highest BCUT2D eigenvalue weighted by atomic mass is 35.5. The van der Waals surface area contributed by atoms with E-state index in [0.717, 1.165) is 22.4 Å². The molecule has 4 nitrogen and oxygen atoms in total. The Labute approximate surface area is 188 Å². The van der Waals surface area contributed by atoms with E-state index in [4.69, 9.17) is 21.1 Å². The number of hydrogen-bond donors (Lipinski definition) is 1. The Morgan fingerprint density at radius 2 is 1.87 bits per heavy atom. The van der Waals surface area contributed by atoms with Gasteiger partial charge in [-0.3, -0.25) is 4.79 Å². The Hall–Kier alpha value is -2.98. The lowest BCUT2D eigenvalue weighted by atomic mass is 9.89. The summed E-state index contributed by atoms with van der Waals surface area (Å²) < 4.78 is 11.9. The third kappa shape index (κ3) is 5.02. The molecule has 1 atom stereocenters. The van der Waals surface area contributed by atoms with Crippen LogP contribution in [0.5, 0.6) is 11.5 Å². The summed E-state index contributed by atoms with van der Waals surface area (Å²) in [5.41, 5.74) is 3.30. The Morgan fingerprint density at radius 3 is 2.61 bits per heavy atom. The molecule has 4 rings (SSSR count). The first-order valence-electron chi connectivity index (χ1n) is 10.4. The number of amides is 1. The molecule has 0 spiro atoms. The molecule has 0 saturated carbocycles. The average molecular weight is 436 g/mol. The van der Waals surface area contributed by atoms with Crippen molar-refractivity contribution < 1.29 is 14.3 Å². The van der Waals surface area contributed by atoms with E-state index in [1.54, 1.807) is 24.3 Å². The van der Waals surface area contributed by atoms with Crippen LogP contribution in [-0.2, 0) is 6.61 Å². The molecule has 0 saturated heterocycles. The van der Waals surface area contributed by atoms with Crippen molar-refractivity contribution >= 4 is 17.5 Å². The number of nitrogens with one attached hydrogen (secondary N) is 1. The number of halogens is 1. The summed E-state index contributed by atoms with van der Waals surface area (Å²) in [5, 5.41) is 3.85. The molecule has 1 N–H and O–H groups in total. The second kappa shape index (κ2) is 8.64. The molecule has 1 aliphatic rings. The van der Waals surface area contributed by atoms with Gasteiger partial charge in [0, 0.05) is 28.1 Å². The van der Waals surface area contributed by atoms with Crippen LogP contribution in [-0.4, -0.2) is 11.5 Å². The van der Waals surface area contributed by atoms with Crippen LogP contribution >= 0.6 is 11.6 Å². The molecule has 0 radical (unpaired) electrons. The van der Waals surface area contributed by atoms with Gasteiger partial charge in [-0.05, 0) is 62.7 Å². The normalized spacial score (nSPS) is 16.7. The molecular weight excluding hydrogens is 410 g/mol. The van der Waals surface area contributed by atoms with Crippen molar-refractivity contribution in [2.45, 2.75) is 45.4 Å². The number of hydrogen-bond acceptors (Lipinski definition) is 3. The van der Waals surface area contributed by atoms with E-state index >= 15 is 0 Å². The van der Waals surface area contributed by atoms with E-state index < -0.39 is 0 Å². The van der Waals surface area contributed by atoms with Crippen molar-refractivity contribution in [3.05, 3.63) is 94.0 Å². The van der Waals surface area contributed by atoms with Gasteiger partial charge in [0.15, 0.2) is 0 Å². The van der Waals surface area contributed by atoms with Crippen molar-refractivity contribution in [2.24, 2.45) is 0 Å². The van der Waals surface area contributed by atoms with Crippen molar-refractivity contribution in [1.29, 1.82) is 0 Å².